The molecule has 3 heteroatoms. The SMILES string of the molecule is CCCCCCC(O)CC=CCCCCCCCCCC(=O)OC. The van der Waals surface area contributed by atoms with Gasteiger partial charge in [0.25, 0.3) is 0 Å². The molecule has 0 aromatic carbocycles. The Morgan fingerprint density at radius 1 is 0.917 bits per heavy atom. The summed E-state index contributed by atoms with van der Waals surface area (Å²) in [4.78, 5) is 10.9. The van der Waals surface area contributed by atoms with Crippen molar-refractivity contribution in [1.29, 1.82) is 0 Å². The van der Waals surface area contributed by atoms with Crippen LogP contribution in [0, 0.1) is 0 Å². The Hall–Kier alpha value is -0.830. The highest BCUT2D eigenvalue weighted by atomic mass is 16.5. The Bertz CT molecular complexity index is 299. The van der Waals surface area contributed by atoms with E-state index in [1.165, 1.54) is 58.5 Å². The maximum atomic E-state index is 10.9. The second kappa shape index (κ2) is 18.5. The molecule has 1 atom stereocenters. The average molecular weight is 341 g/mol. The Labute approximate surface area is 149 Å². The summed E-state index contributed by atoms with van der Waals surface area (Å²) in [5.74, 6) is -0.0899. The number of carbonyl (C=O) groups excluding carboxylic acids is 1. The number of ether oxygens (including phenoxy) is 1. The number of carbonyl (C=O) groups is 1. The summed E-state index contributed by atoms with van der Waals surface area (Å²) in [5, 5.41) is 9.86. The van der Waals surface area contributed by atoms with Crippen LogP contribution in [0.2, 0.25) is 0 Å². The minimum Gasteiger partial charge on any atom is -0.469 e. The molecule has 0 heterocycles. The number of rotatable bonds is 17. The lowest BCUT2D eigenvalue weighted by atomic mass is 10.1. The number of aliphatic hydroxyl groups is 1. The lowest BCUT2D eigenvalue weighted by Crippen LogP contribution is -2.04. The van der Waals surface area contributed by atoms with Crippen LogP contribution in [-0.2, 0) is 9.53 Å². The Morgan fingerprint density at radius 3 is 2.21 bits per heavy atom. The predicted molar refractivity (Wildman–Crippen MR) is 102 cm³/mol. The van der Waals surface area contributed by atoms with Crippen LogP contribution in [0.4, 0.5) is 0 Å². The van der Waals surface area contributed by atoms with Crippen LogP contribution in [0.5, 0.6) is 0 Å². The molecule has 0 fully saturated rings. The number of unbranched alkanes of at least 4 members (excludes halogenated alkanes) is 10. The van der Waals surface area contributed by atoms with Gasteiger partial charge in [0, 0.05) is 6.42 Å². The minimum atomic E-state index is -0.150. The lowest BCUT2D eigenvalue weighted by molar-refractivity contribution is -0.140. The minimum absolute atomic E-state index is 0.0899. The van der Waals surface area contributed by atoms with E-state index in [1.54, 1.807) is 0 Å². The van der Waals surface area contributed by atoms with E-state index in [-0.39, 0.29) is 12.1 Å². The molecular formula is C21H40O3. The molecule has 0 bridgehead atoms. The van der Waals surface area contributed by atoms with Gasteiger partial charge in [0.2, 0.25) is 0 Å². The van der Waals surface area contributed by atoms with E-state index < -0.39 is 0 Å². The van der Waals surface area contributed by atoms with Gasteiger partial charge in [-0.3, -0.25) is 4.79 Å². The number of allylic oxidation sites excluding steroid dienone is 1. The van der Waals surface area contributed by atoms with Gasteiger partial charge in [-0.2, -0.15) is 0 Å². The van der Waals surface area contributed by atoms with E-state index in [0.29, 0.717) is 6.42 Å². The summed E-state index contributed by atoms with van der Waals surface area (Å²) in [6.45, 7) is 2.21. The Balaban J connectivity index is 3.24. The van der Waals surface area contributed by atoms with Gasteiger partial charge in [-0.05, 0) is 32.1 Å². The highest BCUT2D eigenvalue weighted by Gasteiger charge is 2.01. The van der Waals surface area contributed by atoms with Crippen LogP contribution in [0.3, 0.4) is 0 Å². The van der Waals surface area contributed by atoms with Crippen molar-refractivity contribution in [2.24, 2.45) is 0 Å². The molecule has 0 aromatic heterocycles. The van der Waals surface area contributed by atoms with Crippen LogP contribution in [0.1, 0.15) is 103 Å². The van der Waals surface area contributed by atoms with Gasteiger partial charge in [0.1, 0.15) is 0 Å². The van der Waals surface area contributed by atoms with Crippen LogP contribution in [0.15, 0.2) is 12.2 Å². The van der Waals surface area contributed by atoms with Crippen molar-refractivity contribution in [3.8, 4) is 0 Å². The average Bonchev–Trinajstić information content (AvgIpc) is 2.59. The predicted octanol–water partition coefficient (Wildman–Crippen LogP) is 5.95. The largest absolute Gasteiger partial charge is 0.469 e. The fraction of sp³-hybridized carbons (Fsp3) is 0.857. The summed E-state index contributed by atoms with van der Waals surface area (Å²) in [5.41, 5.74) is 0. The first-order valence-corrected chi connectivity index (χ1v) is 10.1. The molecule has 0 spiro atoms. The summed E-state index contributed by atoms with van der Waals surface area (Å²) >= 11 is 0. The Morgan fingerprint density at radius 2 is 1.54 bits per heavy atom. The fourth-order valence-corrected chi connectivity index (χ4v) is 2.81. The van der Waals surface area contributed by atoms with Gasteiger partial charge in [-0.1, -0.05) is 76.9 Å². The van der Waals surface area contributed by atoms with Crippen molar-refractivity contribution in [3.63, 3.8) is 0 Å². The van der Waals surface area contributed by atoms with E-state index in [2.05, 4.69) is 23.8 Å². The van der Waals surface area contributed by atoms with Gasteiger partial charge >= 0.3 is 5.97 Å². The van der Waals surface area contributed by atoms with Crippen molar-refractivity contribution in [1.82, 2.24) is 0 Å². The van der Waals surface area contributed by atoms with Gasteiger partial charge in [0.05, 0.1) is 13.2 Å². The monoisotopic (exact) mass is 340 g/mol. The zero-order valence-corrected chi connectivity index (χ0v) is 16.1. The van der Waals surface area contributed by atoms with Crippen LogP contribution >= 0.6 is 0 Å². The van der Waals surface area contributed by atoms with Gasteiger partial charge in [-0.15, -0.1) is 0 Å². The number of esters is 1. The first kappa shape index (κ1) is 23.2. The molecule has 0 radical (unpaired) electrons. The zero-order valence-electron chi connectivity index (χ0n) is 16.1. The van der Waals surface area contributed by atoms with Crippen molar-refractivity contribution >= 4 is 5.97 Å². The summed E-state index contributed by atoms with van der Waals surface area (Å²) in [6, 6.07) is 0. The van der Waals surface area contributed by atoms with Crippen molar-refractivity contribution in [2.75, 3.05) is 7.11 Å². The van der Waals surface area contributed by atoms with Gasteiger partial charge in [-0.25, -0.2) is 0 Å². The standard InChI is InChI=1S/C21H40O3/c1-3-4-5-14-17-20(22)18-15-12-10-8-6-7-9-11-13-16-19-21(23)24-2/h12,15,20,22H,3-11,13-14,16-19H2,1-2H3. The van der Waals surface area contributed by atoms with E-state index >= 15 is 0 Å². The van der Waals surface area contributed by atoms with Gasteiger partial charge in [0.15, 0.2) is 0 Å². The third-order valence-electron chi connectivity index (χ3n) is 4.45. The van der Waals surface area contributed by atoms with Crippen molar-refractivity contribution in [3.05, 3.63) is 12.2 Å². The molecule has 0 rings (SSSR count). The molecule has 142 valence electrons. The fourth-order valence-electron chi connectivity index (χ4n) is 2.81. The molecule has 0 aromatic rings. The maximum absolute atomic E-state index is 10.9. The third kappa shape index (κ3) is 17.5. The summed E-state index contributed by atoms with van der Waals surface area (Å²) in [7, 11) is 1.45. The molecule has 0 aliphatic carbocycles. The smallest absolute Gasteiger partial charge is 0.305 e. The molecule has 0 saturated carbocycles. The molecule has 1 unspecified atom stereocenters. The normalized spacial score (nSPS) is 12.6. The zero-order chi connectivity index (χ0) is 17.9. The third-order valence-corrected chi connectivity index (χ3v) is 4.45. The lowest BCUT2D eigenvalue weighted by Gasteiger charge is -2.07. The number of hydrogen-bond donors (Lipinski definition) is 1. The number of hydrogen-bond acceptors (Lipinski definition) is 3. The van der Waals surface area contributed by atoms with Crippen molar-refractivity contribution < 1.29 is 14.6 Å². The molecule has 24 heavy (non-hydrogen) atoms. The summed E-state index contributed by atoms with van der Waals surface area (Å²) < 4.78 is 4.62. The van der Waals surface area contributed by atoms with Crippen LogP contribution in [0.25, 0.3) is 0 Å². The first-order valence-electron chi connectivity index (χ1n) is 10.1. The van der Waals surface area contributed by atoms with E-state index in [0.717, 1.165) is 38.5 Å². The number of aliphatic hydroxyl groups excluding tert-OH is 1. The second-order valence-corrected chi connectivity index (χ2v) is 6.80. The molecule has 0 saturated heterocycles. The molecule has 0 amide bonds. The van der Waals surface area contributed by atoms with Crippen LogP contribution < -0.4 is 0 Å². The van der Waals surface area contributed by atoms with Crippen molar-refractivity contribution in [2.45, 2.75) is 109 Å². The van der Waals surface area contributed by atoms with E-state index in [4.69, 9.17) is 0 Å². The Kier molecular flexibility index (Phi) is 17.9. The summed E-state index contributed by atoms with van der Waals surface area (Å²) in [6.07, 6.45) is 21.0. The van der Waals surface area contributed by atoms with Gasteiger partial charge < -0.3 is 9.84 Å². The molecular weight excluding hydrogens is 300 g/mol. The number of methoxy groups -OCH3 is 1. The first-order chi connectivity index (χ1) is 11.7. The van der Waals surface area contributed by atoms with Crippen LogP contribution in [-0.4, -0.2) is 24.3 Å². The topological polar surface area (TPSA) is 46.5 Å². The molecule has 0 aliphatic rings. The maximum Gasteiger partial charge on any atom is 0.305 e. The highest BCUT2D eigenvalue weighted by Crippen LogP contribution is 2.11. The molecule has 3 nitrogen and oxygen atoms in total. The van der Waals surface area contributed by atoms with E-state index in [1.807, 2.05) is 0 Å². The highest BCUT2D eigenvalue weighted by molar-refractivity contribution is 5.68. The molecule has 0 aliphatic heterocycles. The quantitative estimate of drug-likeness (QED) is 0.202. The second-order valence-electron chi connectivity index (χ2n) is 6.80. The molecule has 1 N–H and O–H groups in total. The van der Waals surface area contributed by atoms with E-state index in [9.17, 15) is 9.90 Å².